The average molecular weight is 478 g/mol. The average Bonchev–Trinajstić information content (AvgIpc) is 2.77. The smallest absolute Gasteiger partial charge is 0.276 e. The lowest BCUT2D eigenvalue weighted by molar-refractivity contribution is -0.123. The lowest BCUT2D eigenvalue weighted by Gasteiger charge is -2.11. The molecule has 11 heteroatoms. The fourth-order valence-electron chi connectivity index (χ4n) is 2.49. The molecule has 0 radical (unpaired) electrons. The van der Waals surface area contributed by atoms with Gasteiger partial charge in [-0.25, -0.2) is 12.8 Å². The van der Waals surface area contributed by atoms with Crippen LogP contribution in [0.15, 0.2) is 77.7 Å². The first-order valence-electron chi connectivity index (χ1n) is 9.09. The number of carbonyl (C=O) groups excluding carboxylic acids is 2. The minimum Gasteiger partial charge on any atom is -0.484 e. The third kappa shape index (κ3) is 6.19. The Morgan fingerprint density at radius 3 is 2.44 bits per heavy atom. The van der Waals surface area contributed by atoms with Gasteiger partial charge in [-0.05, 0) is 42.5 Å². The minimum atomic E-state index is -4.02. The SMILES string of the molecule is O=C(COc1cccc(F)c1)NNC(=O)c1cccc(S(=O)(=O)Nc2ccccc2Cl)c1. The van der Waals surface area contributed by atoms with E-state index >= 15 is 0 Å². The third-order valence-corrected chi connectivity index (χ3v) is 5.70. The number of benzene rings is 3. The molecular formula is C21H17ClFN3O5S. The van der Waals surface area contributed by atoms with Crippen LogP contribution in [0.2, 0.25) is 5.02 Å². The number of amides is 2. The van der Waals surface area contributed by atoms with Gasteiger partial charge in [-0.15, -0.1) is 0 Å². The topological polar surface area (TPSA) is 114 Å². The molecule has 3 N–H and O–H groups in total. The van der Waals surface area contributed by atoms with Gasteiger partial charge in [-0.2, -0.15) is 0 Å². The molecule has 0 aromatic heterocycles. The molecule has 0 atom stereocenters. The van der Waals surface area contributed by atoms with Crippen molar-refractivity contribution in [1.29, 1.82) is 0 Å². The molecule has 0 heterocycles. The highest BCUT2D eigenvalue weighted by Gasteiger charge is 2.18. The quantitative estimate of drug-likeness (QED) is 0.452. The maximum atomic E-state index is 13.1. The zero-order valence-corrected chi connectivity index (χ0v) is 17.9. The van der Waals surface area contributed by atoms with Crippen molar-refractivity contribution < 1.29 is 27.1 Å². The van der Waals surface area contributed by atoms with Crippen molar-refractivity contribution in [3.63, 3.8) is 0 Å². The van der Waals surface area contributed by atoms with E-state index in [0.717, 1.165) is 12.1 Å². The van der Waals surface area contributed by atoms with E-state index in [1.807, 2.05) is 0 Å². The largest absolute Gasteiger partial charge is 0.484 e. The van der Waals surface area contributed by atoms with Gasteiger partial charge >= 0.3 is 0 Å². The van der Waals surface area contributed by atoms with Gasteiger partial charge in [0, 0.05) is 11.6 Å². The Bertz CT molecular complexity index is 1250. The second-order valence-electron chi connectivity index (χ2n) is 6.36. The van der Waals surface area contributed by atoms with E-state index in [1.54, 1.807) is 12.1 Å². The number of nitrogens with one attached hydrogen (secondary N) is 3. The van der Waals surface area contributed by atoms with Crippen LogP contribution in [0.3, 0.4) is 0 Å². The van der Waals surface area contributed by atoms with Gasteiger partial charge in [0.25, 0.3) is 21.8 Å². The van der Waals surface area contributed by atoms with E-state index < -0.39 is 34.3 Å². The normalized spacial score (nSPS) is 10.8. The van der Waals surface area contributed by atoms with Gasteiger partial charge in [0.05, 0.1) is 15.6 Å². The van der Waals surface area contributed by atoms with Crippen molar-refractivity contribution >= 4 is 39.1 Å². The molecule has 3 rings (SSSR count). The van der Waals surface area contributed by atoms with Crippen LogP contribution in [-0.2, 0) is 14.8 Å². The molecule has 3 aromatic rings. The highest BCUT2D eigenvalue weighted by Crippen LogP contribution is 2.24. The number of hydrazine groups is 1. The molecule has 0 aliphatic carbocycles. The maximum Gasteiger partial charge on any atom is 0.276 e. The summed E-state index contributed by atoms with van der Waals surface area (Å²) in [6.07, 6.45) is 0. The van der Waals surface area contributed by atoms with E-state index in [2.05, 4.69) is 15.6 Å². The molecule has 166 valence electrons. The van der Waals surface area contributed by atoms with E-state index in [0.29, 0.717) is 0 Å². The van der Waals surface area contributed by atoms with Gasteiger partial charge in [-0.1, -0.05) is 35.9 Å². The van der Waals surface area contributed by atoms with Crippen molar-refractivity contribution in [2.75, 3.05) is 11.3 Å². The van der Waals surface area contributed by atoms with Crippen molar-refractivity contribution in [1.82, 2.24) is 10.9 Å². The number of para-hydroxylation sites is 1. The van der Waals surface area contributed by atoms with Crippen molar-refractivity contribution in [3.05, 3.63) is 89.2 Å². The van der Waals surface area contributed by atoms with Gasteiger partial charge < -0.3 is 4.74 Å². The van der Waals surface area contributed by atoms with Crippen LogP contribution in [0.25, 0.3) is 0 Å². The van der Waals surface area contributed by atoms with Gasteiger partial charge in [0.15, 0.2) is 6.61 Å². The summed E-state index contributed by atoms with van der Waals surface area (Å²) in [4.78, 5) is 24.0. The summed E-state index contributed by atoms with van der Waals surface area (Å²) in [5, 5.41) is 0.216. The molecular weight excluding hydrogens is 461 g/mol. The van der Waals surface area contributed by atoms with Crippen LogP contribution in [0, 0.1) is 5.82 Å². The molecule has 2 amide bonds. The predicted molar refractivity (Wildman–Crippen MR) is 116 cm³/mol. The summed E-state index contributed by atoms with van der Waals surface area (Å²) in [6.45, 7) is -0.472. The number of anilines is 1. The first kappa shape index (κ1) is 23.0. The molecule has 0 aliphatic heterocycles. The summed E-state index contributed by atoms with van der Waals surface area (Å²) in [6, 6.07) is 16.7. The molecule has 0 fully saturated rings. The monoisotopic (exact) mass is 477 g/mol. The molecule has 0 saturated carbocycles. The summed E-state index contributed by atoms with van der Waals surface area (Å²) in [7, 11) is -4.02. The van der Waals surface area contributed by atoms with Crippen LogP contribution in [0.1, 0.15) is 10.4 Å². The molecule has 32 heavy (non-hydrogen) atoms. The standard InChI is InChI=1S/C21H17ClFN3O5S/c22-18-9-1-2-10-19(18)26-32(29,30)17-8-3-5-14(11-17)21(28)25-24-20(27)13-31-16-7-4-6-15(23)12-16/h1-12,26H,13H2,(H,24,27)(H,25,28). The minimum absolute atomic E-state index is 0.0154. The van der Waals surface area contributed by atoms with E-state index in [4.69, 9.17) is 16.3 Å². The van der Waals surface area contributed by atoms with Crippen molar-refractivity contribution in [2.24, 2.45) is 0 Å². The number of carbonyl (C=O) groups is 2. The number of sulfonamides is 1. The van der Waals surface area contributed by atoms with Gasteiger partial charge in [0.2, 0.25) is 0 Å². The molecule has 0 bridgehead atoms. The Hall–Kier alpha value is -3.63. The number of hydrogen-bond acceptors (Lipinski definition) is 5. The Labute approximate surface area is 188 Å². The Kier molecular flexibility index (Phi) is 7.29. The number of hydrogen-bond donors (Lipinski definition) is 3. The van der Waals surface area contributed by atoms with Crippen molar-refractivity contribution in [3.8, 4) is 5.75 Å². The zero-order chi connectivity index (χ0) is 23.1. The first-order valence-corrected chi connectivity index (χ1v) is 11.0. The second-order valence-corrected chi connectivity index (χ2v) is 8.45. The Balaban J connectivity index is 1.60. The number of ether oxygens (including phenoxy) is 1. The molecule has 0 saturated heterocycles. The van der Waals surface area contributed by atoms with Gasteiger partial charge in [0.1, 0.15) is 11.6 Å². The second kappa shape index (κ2) is 10.1. The van der Waals surface area contributed by atoms with Crippen LogP contribution >= 0.6 is 11.6 Å². The lowest BCUT2D eigenvalue weighted by atomic mass is 10.2. The summed E-state index contributed by atoms with van der Waals surface area (Å²) >= 11 is 5.98. The maximum absolute atomic E-state index is 13.1. The summed E-state index contributed by atoms with van der Waals surface area (Å²) < 4.78 is 45.8. The van der Waals surface area contributed by atoms with Crippen LogP contribution in [0.4, 0.5) is 10.1 Å². The number of halogens is 2. The molecule has 0 spiro atoms. The van der Waals surface area contributed by atoms with Gasteiger partial charge in [-0.3, -0.25) is 25.2 Å². The van der Waals surface area contributed by atoms with Crippen molar-refractivity contribution in [2.45, 2.75) is 4.90 Å². The first-order chi connectivity index (χ1) is 15.2. The van der Waals surface area contributed by atoms with E-state index in [9.17, 15) is 22.4 Å². The summed E-state index contributed by atoms with van der Waals surface area (Å²) in [5.74, 6) is -1.82. The van der Waals surface area contributed by atoms with E-state index in [-0.39, 0.29) is 26.9 Å². The summed E-state index contributed by atoms with van der Waals surface area (Å²) in [5.41, 5.74) is 4.46. The fraction of sp³-hybridized carbons (Fsp3) is 0.0476. The number of rotatable bonds is 7. The molecule has 3 aromatic carbocycles. The fourth-order valence-corrected chi connectivity index (χ4v) is 3.86. The highest BCUT2D eigenvalue weighted by atomic mass is 35.5. The third-order valence-electron chi connectivity index (χ3n) is 4.01. The van der Waals surface area contributed by atoms with Crippen LogP contribution < -0.4 is 20.3 Å². The van der Waals surface area contributed by atoms with Crippen LogP contribution in [-0.4, -0.2) is 26.8 Å². The Morgan fingerprint density at radius 1 is 0.938 bits per heavy atom. The predicted octanol–water partition coefficient (Wildman–Crippen LogP) is 3.12. The van der Waals surface area contributed by atoms with E-state index in [1.165, 1.54) is 48.5 Å². The van der Waals surface area contributed by atoms with Crippen LogP contribution in [0.5, 0.6) is 5.75 Å². The Morgan fingerprint density at radius 2 is 1.69 bits per heavy atom. The molecule has 0 aliphatic rings. The highest BCUT2D eigenvalue weighted by molar-refractivity contribution is 7.92. The lowest BCUT2D eigenvalue weighted by Crippen LogP contribution is -2.43. The molecule has 8 nitrogen and oxygen atoms in total. The molecule has 0 unspecified atom stereocenters. The zero-order valence-electron chi connectivity index (χ0n) is 16.3.